The van der Waals surface area contributed by atoms with E-state index in [-0.39, 0.29) is 0 Å². The number of benzene rings is 2. The molecule has 2 atom stereocenters. The van der Waals surface area contributed by atoms with Crippen LogP contribution in [0.25, 0.3) is 11.0 Å². The molecule has 1 aromatic heterocycles. The van der Waals surface area contributed by atoms with Crippen molar-refractivity contribution in [3.63, 3.8) is 0 Å². The lowest BCUT2D eigenvalue weighted by atomic mass is 9.89. The van der Waals surface area contributed by atoms with Gasteiger partial charge in [0, 0.05) is 29.0 Å². The molecule has 3 nitrogen and oxygen atoms in total. The molecule has 0 saturated carbocycles. The largest absolute Gasteiger partial charge is 0.383 e. The van der Waals surface area contributed by atoms with Crippen molar-refractivity contribution < 1.29 is 0 Å². The first-order valence-corrected chi connectivity index (χ1v) is 8.70. The number of hydrogen-bond acceptors (Lipinski definition) is 3. The van der Waals surface area contributed by atoms with Gasteiger partial charge in [0.1, 0.15) is 5.52 Å². The van der Waals surface area contributed by atoms with Crippen LogP contribution < -0.4 is 5.32 Å². The fraction of sp³-hybridized carbons (Fsp3) is 0.263. The minimum Gasteiger partial charge on any atom is -0.383 e. The van der Waals surface area contributed by atoms with Gasteiger partial charge in [-0.15, -0.1) is 0 Å². The molecule has 0 bridgehead atoms. The Morgan fingerprint density at radius 3 is 2.62 bits per heavy atom. The van der Waals surface area contributed by atoms with Crippen molar-refractivity contribution in [2.75, 3.05) is 11.9 Å². The van der Waals surface area contributed by atoms with Crippen LogP contribution in [0.1, 0.15) is 25.3 Å². The second kappa shape index (κ2) is 7.37. The number of halogens is 2. The Hall–Kier alpha value is -1.84. The fourth-order valence-electron chi connectivity index (χ4n) is 2.76. The summed E-state index contributed by atoms with van der Waals surface area (Å²) in [5.41, 5.74) is 3.91. The van der Waals surface area contributed by atoms with Gasteiger partial charge in [-0.2, -0.15) is 0 Å². The topological polar surface area (TPSA) is 37.8 Å². The SMILES string of the molecule is CC(CNc1cccc2nccnc12)C(C)c1ccc(Cl)cc1Cl. The molecule has 124 valence electrons. The molecule has 0 spiro atoms. The molecule has 0 aliphatic carbocycles. The lowest BCUT2D eigenvalue weighted by molar-refractivity contribution is 0.512. The Morgan fingerprint density at radius 2 is 1.83 bits per heavy atom. The highest BCUT2D eigenvalue weighted by atomic mass is 35.5. The minimum atomic E-state index is 0.309. The number of nitrogens with one attached hydrogen (secondary N) is 1. The maximum absolute atomic E-state index is 6.34. The van der Waals surface area contributed by atoms with Crippen LogP contribution >= 0.6 is 23.2 Å². The Balaban J connectivity index is 1.73. The summed E-state index contributed by atoms with van der Waals surface area (Å²) < 4.78 is 0. The predicted octanol–water partition coefficient (Wildman–Crippen LogP) is 5.79. The zero-order chi connectivity index (χ0) is 17.1. The Bertz CT molecular complexity index is 846. The second-order valence-corrected chi connectivity index (χ2v) is 6.89. The summed E-state index contributed by atoms with van der Waals surface area (Å²) in [6.07, 6.45) is 3.42. The highest BCUT2D eigenvalue weighted by Crippen LogP contribution is 2.32. The lowest BCUT2D eigenvalue weighted by Gasteiger charge is -2.22. The van der Waals surface area contributed by atoms with Gasteiger partial charge in [-0.05, 0) is 41.7 Å². The van der Waals surface area contributed by atoms with E-state index in [0.717, 1.165) is 33.9 Å². The van der Waals surface area contributed by atoms with E-state index >= 15 is 0 Å². The van der Waals surface area contributed by atoms with Gasteiger partial charge < -0.3 is 5.32 Å². The normalized spacial score (nSPS) is 13.7. The summed E-state index contributed by atoms with van der Waals surface area (Å²) in [4.78, 5) is 8.76. The molecule has 0 aliphatic rings. The number of nitrogens with zero attached hydrogens (tertiary/aromatic N) is 2. The molecule has 0 fully saturated rings. The number of aromatic nitrogens is 2. The van der Waals surface area contributed by atoms with Gasteiger partial charge in [-0.3, -0.25) is 9.97 Å². The third-order valence-corrected chi connectivity index (χ3v) is 4.98. The molecule has 5 heteroatoms. The molecule has 0 radical (unpaired) electrons. The van der Waals surface area contributed by atoms with E-state index in [0.29, 0.717) is 16.9 Å². The molecule has 3 rings (SSSR count). The Morgan fingerprint density at radius 1 is 1.04 bits per heavy atom. The second-order valence-electron chi connectivity index (χ2n) is 6.04. The smallest absolute Gasteiger partial charge is 0.112 e. The van der Waals surface area contributed by atoms with Crippen LogP contribution in [-0.4, -0.2) is 16.5 Å². The van der Waals surface area contributed by atoms with Crippen LogP contribution in [0.3, 0.4) is 0 Å². The number of rotatable bonds is 5. The van der Waals surface area contributed by atoms with E-state index in [1.54, 1.807) is 18.5 Å². The number of anilines is 1. The zero-order valence-corrected chi connectivity index (χ0v) is 15.1. The monoisotopic (exact) mass is 359 g/mol. The number of hydrogen-bond donors (Lipinski definition) is 1. The van der Waals surface area contributed by atoms with Gasteiger partial charge in [-0.1, -0.05) is 49.2 Å². The van der Waals surface area contributed by atoms with Crippen LogP contribution in [0.5, 0.6) is 0 Å². The van der Waals surface area contributed by atoms with Crippen molar-refractivity contribution in [1.82, 2.24) is 9.97 Å². The molecule has 24 heavy (non-hydrogen) atoms. The van der Waals surface area contributed by atoms with E-state index in [1.807, 2.05) is 30.3 Å². The summed E-state index contributed by atoms with van der Waals surface area (Å²) in [7, 11) is 0. The predicted molar refractivity (Wildman–Crippen MR) is 102 cm³/mol. The van der Waals surface area contributed by atoms with Crippen molar-refractivity contribution in [3.05, 3.63) is 64.4 Å². The summed E-state index contributed by atoms with van der Waals surface area (Å²) in [5, 5.41) is 4.88. The minimum absolute atomic E-state index is 0.309. The van der Waals surface area contributed by atoms with Gasteiger partial charge >= 0.3 is 0 Å². The molecule has 0 aliphatic heterocycles. The molecule has 2 unspecified atom stereocenters. The van der Waals surface area contributed by atoms with E-state index in [1.165, 1.54) is 0 Å². The van der Waals surface area contributed by atoms with Gasteiger partial charge in [0.05, 0.1) is 11.2 Å². The average Bonchev–Trinajstić information content (AvgIpc) is 2.59. The standard InChI is InChI=1S/C19H19Cl2N3/c1-12(13(2)15-7-6-14(20)10-16(15)21)11-24-18-5-3-4-17-19(18)23-9-8-22-17/h3-10,12-13,24H,11H2,1-2H3. The van der Waals surface area contributed by atoms with Gasteiger partial charge in [-0.25, -0.2) is 0 Å². The van der Waals surface area contributed by atoms with Gasteiger partial charge in [0.15, 0.2) is 0 Å². The third kappa shape index (κ3) is 3.63. The lowest BCUT2D eigenvalue weighted by Crippen LogP contribution is -2.17. The summed E-state index contributed by atoms with van der Waals surface area (Å²) >= 11 is 12.3. The maximum Gasteiger partial charge on any atom is 0.112 e. The zero-order valence-electron chi connectivity index (χ0n) is 13.6. The number of fused-ring (bicyclic) bond motifs is 1. The van der Waals surface area contributed by atoms with Crippen LogP contribution in [-0.2, 0) is 0 Å². The molecule has 3 aromatic rings. The molecule has 0 saturated heterocycles. The first-order valence-electron chi connectivity index (χ1n) is 7.95. The van der Waals surface area contributed by atoms with Crippen LogP contribution in [0.2, 0.25) is 10.0 Å². The highest BCUT2D eigenvalue weighted by Gasteiger charge is 2.17. The molecule has 1 N–H and O–H groups in total. The highest BCUT2D eigenvalue weighted by molar-refractivity contribution is 6.35. The summed E-state index contributed by atoms with van der Waals surface area (Å²) in [5.74, 6) is 0.693. The molecular formula is C19H19Cl2N3. The van der Waals surface area contributed by atoms with Crippen LogP contribution in [0.4, 0.5) is 5.69 Å². The van der Waals surface area contributed by atoms with Crippen molar-refractivity contribution in [2.24, 2.45) is 5.92 Å². The van der Waals surface area contributed by atoms with E-state index < -0.39 is 0 Å². The molecule has 1 heterocycles. The van der Waals surface area contributed by atoms with Crippen molar-refractivity contribution >= 4 is 39.9 Å². The van der Waals surface area contributed by atoms with Crippen molar-refractivity contribution in [2.45, 2.75) is 19.8 Å². The van der Waals surface area contributed by atoms with E-state index in [2.05, 4.69) is 29.1 Å². The Kier molecular flexibility index (Phi) is 5.22. The summed E-state index contributed by atoms with van der Waals surface area (Å²) in [6.45, 7) is 5.21. The third-order valence-electron chi connectivity index (χ3n) is 4.42. The molecular weight excluding hydrogens is 341 g/mol. The average molecular weight is 360 g/mol. The van der Waals surface area contributed by atoms with Crippen molar-refractivity contribution in [3.8, 4) is 0 Å². The van der Waals surface area contributed by atoms with E-state index in [4.69, 9.17) is 23.2 Å². The summed E-state index contributed by atoms with van der Waals surface area (Å²) in [6, 6.07) is 11.7. The van der Waals surface area contributed by atoms with Crippen molar-refractivity contribution in [1.29, 1.82) is 0 Å². The Labute approximate surface area is 152 Å². The van der Waals surface area contributed by atoms with Crippen LogP contribution in [0, 0.1) is 5.92 Å². The quantitative estimate of drug-likeness (QED) is 0.626. The molecule has 2 aromatic carbocycles. The first-order chi connectivity index (χ1) is 11.6. The van der Waals surface area contributed by atoms with E-state index in [9.17, 15) is 0 Å². The molecule has 0 amide bonds. The number of para-hydroxylation sites is 1. The maximum atomic E-state index is 6.34. The fourth-order valence-corrected chi connectivity index (χ4v) is 3.34. The first kappa shape index (κ1) is 17.0. The van der Waals surface area contributed by atoms with Gasteiger partial charge in [0.2, 0.25) is 0 Å². The van der Waals surface area contributed by atoms with Gasteiger partial charge in [0.25, 0.3) is 0 Å². The van der Waals surface area contributed by atoms with Crippen LogP contribution in [0.15, 0.2) is 48.8 Å².